The summed E-state index contributed by atoms with van der Waals surface area (Å²) in [5.41, 5.74) is 0.939. The number of hydrogen-bond acceptors (Lipinski definition) is 3. The molecule has 0 radical (unpaired) electrons. The van der Waals surface area contributed by atoms with E-state index in [1.54, 1.807) is 12.4 Å². The molecule has 2 unspecified atom stereocenters. The van der Waals surface area contributed by atoms with Crippen LogP contribution in [-0.4, -0.2) is 29.2 Å². The summed E-state index contributed by atoms with van der Waals surface area (Å²) in [5.74, 6) is 0.309. The Kier molecular flexibility index (Phi) is 4.67. The minimum Gasteiger partial charge on any atom is -0.263 e. The van der Waals surface area contributed by atoms with Crippen LogP contribution in [-0.2, 0) is 16.3 Å². The van der Waals surface area contributed by atoms with Gasteiger partial charge < -0.3 is 0 Å². The van der Waals surface area contributed by atoms with Crippen LogP contribution < -0.4 is 0 Å². The monoisotopic (exact) mass is 351 g/mol. The van der Waals surface area contributed by atoms with Crippen molar-refractivity contribution in [3.63, 3.8) is 0 Å². The third-order valence-corrected chi connectivity index (χ3v) is 7.30. The Labute approximate surface area is 121 Å². The molecule has 1 aromatic heterocycles. The van der Waals surface area contributed by atoms with E-state index in [4.69, 9.17) is 11.6 Å². The number of nitrogens with zero attached hydrogens (tertiary/aromatic N) is 1. The first-order chi connectivity index (χ1) is 8.50. The molecule has 1 aromatic rings. The Bertz CT molecular complexity index is 521. The lowest BCUT2D eigenvalue weighted by Crippen LogP contribution is -2.36. The molecule has 18 heavy (non-hydrogen) atoms. The maximum atomic E-state index is 12.0. The Morgan fingerprint density at radius 2 is 2.28 bits per heavy atom. The van der Waals surface area contributed by atoms with Crippen molar-refractivity contribution in [2.75, 3.05) is 5.75 Å². The molecule has 2 atom stereocenters. The molecule has 1 aliphatic heterocycles. The number of aromatic nitrogens is 1. The van der Waals surface area contributed by atoms with Crippen LogP contribution in [0.4, 0.5) is 0 Å². The Morgan fingerprint density at radius 1 is 1.50 bits per heavy atom. The third-order valence-electron chi connectivity index (χ3n) is 3.30. The zero-order chi connectivity index (χ0) is 13.2. The van der Waals surface area contributed by atoms with Crippen LogP contribution in [0.1, 0.15) is 24.8 Å². The smallest absolute Gasteiger partial charge is 0.154 e. The molecule has 100 valence electrons. The summed E-state index contributed by atoms with van der Waals surface area (Å²) in [5, 5.41) is 0.297. The quantitative estimate of drug-likeness (QED) is 0.786. The summed E-state index contributed by atoms with van der Waals surface area (Å²) in [6.45, 7) is 0. The Hall–Kier alpha value is -0.130. The van der Waals surface area contributed by atoms with Gasteiger partial charge in [-0.2, -0.15) is 0 Å². The molecule has 0 spiro atoms. The average Bonchev–Trinajstić information content (AvgIpc) is 2.31. The zero-order valence-corrected chi connectivity index (χ0v) is 13.0. The molecule has 6 heteroatoms. The van der Waals surface area contributed by atoms with E-state index in [-0.39, 0.29) is 10.1 Å². The topological polar surface area (TPSA) is 47.0 Å². The summed E-state index contributed by atoms with van der Waals surface area (Å²) in [4.78, 5) is 3.85. The van der Waals surface area contributed by atoms with Crippen LogP contribution in [0.15, 0.2) is 18.5 Å². The van der Waals surface area contributed by atoms with Gasteiger partial charge >= 0.3 is 0 Å². The molecule has 0 saturated carbocycles. The first-order valence-electron chi connectivity index (χ1n) is 5.95. The molecule has 0 aromatic carbocycles. The molecule has 3 nitrogen and oxygen atoms in total. The number of rotatable bonds is 3. The fourth-order valence-corrected chi connectivity index (χ4v) is 6.07. The van der Waals surface area contributed by atoms with E-state index in [0.29, 0.717) is 17.2 Å². The van der Waals surface area contributed by atoms with Gasteiger partial charge in [0, 0.05) is 17.2 Å². The van der Waals surface area contributed by atoms with Gasteiger partial charge in [0.2, 0.25) is 0 Å². The van der Waals surface area contributed by atoms with Crippen molar-refractivity contribution < 1.29 is 8.42 Å². The predicted octanol–water partition coefficient (Wildman–Crippen LogP) is 3.01. The number of alkyl halides is 1. The van der Waals surface area contributed by atoms with Crippen molar-refractivity contribution in [1.29, 1.82) is 0 Å². The summed E-state index contributed by atoms with van der Waals surface area (Å²) in [6.07, 6.45) is 6.39. The second-order valence-corrected chi connectivity index (χ2v) is 8.51. The van der Waals surface area contributed by atoms with Gasteiger partial charge in [0.15, 0.2) is 9.84 Å². The van der Waals surface area contributed by atoms with E-state index in [1.165, 1.54) is 0 Å². The second kappa shape index (κ2) is 5.88. The Balaban J connectivity index is 2.12. The molecule has 2 rings (SSSR count). The van der Waals surface area contributed by atoms with Crippen molar-refractivity contribution in [1.82, 2.24) is 4.98 Å². The lowest BCUT2D eigenvalue weighted by atomic mass is 10.1. The number of hydrogen-bond donors (Lipinski definition) is 0. The molecule has 0 N–H and O–H groups in total. The van der Waals surface area contributed by atoms with Gasteiger partial charge in [0.1, 0.15) is 0 Å². The molecule has 0 aliphatic carbocycles. The average molecular weight is 353 g/mol. The van der Waals surface area contributed by atoms with E-state index < -0.39 is 9.84 Å². The standard InChI is InChI=1S/C12H15BrClNO2S/c13-10(7-9-4-5-15-8-11(9)14)12-3-1-2-6-18(12,16)17/h4-5,8,10,12H,1-3,6-7H2. The van der Waals surface area contributed by atoms with Gasteiger partial charge in [-0.25, -0.2) is 8.42 Å². The van der Waals surface area contributed by atoms with Gasteiger partial charge in [-0.3, -0.25) is 4.98 Å². The molecule has 0 amide bonds. The fraction of sp³-hybridized carbons (Fsp3) is 0.583. The first-order valence-corrected chi connectivity index (χ1v) is 8.95. The summed E-state index contributed by atoms with van der Waals surface area (Å²) in [7, 11) is -2.96. The summed E-state index contributed by atoms with van der Waals surface area (Å²) >= 11 is 9.57. The summed E-state index contributed by atoms with van der Waals surface area (Å²) < 4.78 is 24.0. The largest absolute Gasteiger partial charge is 0.263 e. The fourth-order valence-electron chi connectivity index (χ4n) is 2.30. The van der Waals surface area contributed by atoms with Crippen molar-refractivity contribution in [3.8, 4) is 0 Å². The first kappa shape index (κ1) is 14.3. The number of halogens is 2. The normalized spacial score (nSPS) is 24.7. The highest BCUT2D eigenvalue weighted by Gasteiger charge is 2.34. The second-order valence-electron chi connectivity index (χ2n) is 4.59. The van der Waals surface area contributed by atoms with Gasteiger partial charge in [-0.1, -0.05) is 34.0 Å². The van der Waals surface area contributed by atoms with Gasteiger partial charge in [0.05, 0.1) is 16.0 Å². The van der Waals surface area contributed by atoms with Gasteiger partial charge in [-0.15, -0.1) is 0 Å². The van der Waals surface area contributed by atoms with Crippen molar-refractivity contribution in [2.45, 2.75) is 35.8 Å². The maximum absolute atomic E-state index is 12.0. The van der Waals surface area contributed by atoms with Crippen molar-refractivity contribution in [3.05, 3.63) is 29.0 Å². The van der Waals surface area contributed by atoms with Crippen molar-refractivity contribution in [2.24, 2.45) is 0 Å². The van der Waals surface area contributed by atoms with E-state index in [0.717, 1.165) is 24.8 Å². The Morgan fingerprint density at radius 3 is 2.94 bits per heavy atom. The number of pyridine rings is 1. The van der Waals surface area contributed by atoms with E-state index in [2.05, 4.69) is 20.9 Å². The van der Waals surface area contributed by atoms with E-state index in [1.807, 2.05) is 6.07 Å². The van der Waals surface area contributed by atoms with Crippen LogP contribution in [0.5, 0.6) is 0 Å². The predicted molar refractivity (Wildman–Crippen MR) is 77.1 cm³/mol. The zero-order valence-electron chi connectivity index (χ0n) is 9.85. The van der Waals surface area contributed by atoms with Crippen LogP contribution in [0.2, 0.25) is 5.02 Å². The molecule has 0 bridgehead atoms. The number of sulfone groups is 1. The molecular weight excluding hydrogens is 338 g/mol. The highest BCUT2D eigenvalue weighted by molar-refractivity contribution is 9.09. The van der Waals surface area contributed by atoms with E-state index in [9.17, 15) is 8.42 Å². The minimum atomic E-state index is -2.96. The van der Waals surface area contributed by atoms with Crippen molar-refractivity contribution >= 4 is 37.4 Å². The highest BCUT2D eigenvalue weighted by Crippen LogP contribution is 2.29. The molecule has 2 heterocycles. The molecule has 1 fully saturated rings. The van der Waals surface area contributed by atoms with Crippen LogP contribution in [0.25, 0.3) is 0 Å². The minimum absolute atomic E-state index is 0.0808. The van der Waals surface area contributed by atoms with Crippen LogP contribution in [0, 0.1) is 0 Å². The lowest BCUT2D eigenvalue weighted by molar-refractivity contribution is 0.533. The SMILES string of the molecule is O=S1(=O)CCCCC1C(Br)Cc1ccncc1Cl. The third kappa shape index (κ3) is 3.25. The molecular formula is C12H15BrClNO2S. The lowest BCUT2D eigenvalue weighted by Gasteiger charge is -2.26. The van der Waals surface area contributed by atoms with E-state index >= 15 is 0 Å². The van der Waals surface area contributed by atoms with Gasteiger partial charge in [0.25, 0.3) is 0 Å². The maximum Gasteiger partial charge on any atom is 0.154 e. The highest BCUT2D eigenvalue weighted by atomic mass is 79.9. The molecule has 1 saturated heterocycles. The van der Waals surface area contributed by atoms with Gasteiger partial charge in [-0.05, 0) is 30.9 Å². The van der Waals surface area contributed by atoms with Crippen LogP contribution >= 0.6 is 27.5 Å². The molecule has 1 aliphatic rings. The summed E-state index contributed by atoms with van der Waals surface area (Å²) in [6, 6.07) is 1.84. The van der Waals surface area contributed by atoms with Crippen LogP contribution in [0.3, 0.4) is 0 Å².